The maximum Gasteiger partial charge on any atom is 0.143 e. The minimum absolute atomic E-state index is 0.880. The molecule has 13 rings (SSSR count). The first-order valence-electron chi connectivity index (χ1n) is 21.6. The van der Waals surface area contributed by atoms with E-state index in [-0.39, 0.29) is 0 Å². The zero-order chi connectivity index (χ0) is 41.4. The van der Waals surface area contributed by atoms with Crippen molar-refractivity contribution in [2.75, 3.05) is 4.90 Å². The molecule has 0 saturated carbocycles. The lowest BCUT2D eigenvalue weighted by Gasteiger charge is -2.30. The zero-order valence-electron chi connectivity index (χ0n) is 34.2. The highest BCUT2D eigenvalue weighted by Crippen LogP contribution is 2.47. The molecule has 0 fully saturated rings. The Kier molecular flexibility index (Phi) is 7.91. The van der Waals surface area contributed by atoms with Gasteiger partial charge in [-0.25, -0.2) is 0 Å². The summed E-state index contributed by atoms with van der Waals surface area (Å²) in [7, 11) is 0. The molecule has 3 nitrogen and oxygen atoms in total. The number of nitrogens with zero attached hydrogens (tertiary/aromatic N) is 2. The van der Waals surface area contributed by atoms with Gasteiger partial charge in [0.15, 0.2) is 0 Å². The van der Waals surface area contributed by atoms with Crippen molar-refractivity contribution in [3.05, 3.63) is 231 Å². The van der Waals surface area contributed by atoms with Gasteiger partial charge in [-0.1, -0.05) is 170 Å². The van der Waals surface area contributed by atoms with Crippen LogP contribution < -0.4 is 4.90 Å². The summed E-state index contributed by atoms with van der Waals surface area (Å²) < 4.78 is 9.29. The number of hydrogen-bond donors (Lipinski definition) is 0. The molecular formula is C60H38N2O. The smallest absolute Gasteiger partial charge is 0.143 e. The fraction of sp³-hybridized carbons (Fsp3) is 0. The minimum atomic E-state index is 0.880. The largest absolute Gasteiger partial charge is 0.455 e. The Labute approximate surface area is 363 Å². The minimum Gasteiger partial charge on any atom is -0.455 e. The molecule has 63 heavy (non-hydrogen) atoms. The van der Waals surface area contributed by atoms with E-state index in [1.807, 2.05) is 0 Å². The predicted octanol–water partition coefficient (Wildman–Crippen LogP) is 16.9. The van der Waals surface area contributed by atoms with E-state index in [1.165, 1.54) is 59.7 Å². The summed E-state index contributed by atoms with van der Waals surface area (Å²) in [6.07, 6.45) is 0. The molecule has 0 N–H and O–H groups in total. The lowest BCUT2D eigenvalue weighted by molar-refractivity contribution is 0.670. The highest BCUT2D eigenvalue weighted by molar-refractivity contribution is 6.15. The Morgan fingerprint density at radius 3 is 1.70 bits per heavy atom. The van der Waals surface area contributed by atoms with Crippen molar-refractivity contribution >= 4 is 93.1 Å². The maximum atomic E-state index is 6.87. The number of fused-ring (bicyclic) bond motifs is 10. The van der Waals surface area contributed by atoms with Gasteiger partial charge in [-0.05, 0) is 104 Å². The molecule has 3 heteroatoms. The van der Waals surface area contributed by atoms with Crippen LogP contribution in [0.15, 0.2) is 235 Å². The summed E-state index contributed by atoms with van der Waals surface area (Å²) in [6, 6.07) is 83.5. The third kappa shape index (κ3) is 5.60. The first-order chi connectivity index (χ1) is 31.2. The van der Waals surface area contributed by atoms with Gasteiger partial charge in [-0.2, -0.15) is 0 Å². The highest BCUT2D eigenvalue weighted by Gasteiger charge is 2.24. The van der Waals surface area contributed by atoms with Crippen molar-refractivity contribution in [3.63, 3.8) is 0 Å². The number of aromatic nitrogens is 1. The zero-order valence-corrected chi connectivity index (χ0v) is 34.2. The molecule has 0 saturated heterocycles. The maximum absolute atomic E-state index is 6.87. The average Bonchev–Trinajstić information content (AvgIpc) is 3.89. The Bertz CT molecular complexity index is 3870. The van der Waals surface area contributed by atoms with Crippen LogP contribution in [0.25, 0.3) is 104 Å². The Hall–Kier alpha value is -8.40. The summed E-state index contributed by atoms with van der Waals surface area (Å²) >= 11 is 0. The highest BCUT2D eigenvalue weighted by atomic mass is 16.3. The molecule has 0 atom stereocenters. The first kappa shape index (κ1) is 35.4. The lowest BCUT2D eigenvalue weighted by Crippen LogP contribution is -2.14. The summed E-state index contributed by atoms with van der Waals surface area (Å²) in [5.74, 6) is 0. The van der Waals surface area contributed by atoms with Crippen LogP contribution in [0.3, 0.4) is 0 Å². The molecule has 13 aromatic rings. The third-order valence-corrected chi connectivity index (χ3v) is 12.9. The fourth-order valence-electron chi connectivity index (χ4n) is 10.0. The van der Waals surface area contributed by atoms with Gasteiger partial charge < -0.3 is 13.9 Å². The monoisotopic (exact) mass is 802 g/mol. The normalized spacial score (nSPS) is 11.8. The standard InChI is InChI=1S/C60H38N2O/c1-2-16-42-38-59-53(37-41(42)15-1)52-22-13-21-51(60(52)63-59)50-20-7-8-23-54(50)61(57-26-11-12-27-58(57)62-55-24-9-5-18-48(55)49-19-6-10-25-56(49)62)45-33-30-39(31-34-45)43-32-35-47-44(36-43)29-28-40-14-3-4-17-46(40)47/h1-38H. The average molecular weight is 803 g/mol. The number of rotatable bonds is 6. The van der Waals surface area contributed by atoms with Gasteiger partial charge in [0.25, 0.3) is 0 Å². The quantitative estimate of drug-likeness (QED) is 0.156. The predicted molar refractivity (Wildman–Crippen MR) is 266 cm³/mol. The van der Waals surface area contributed by atoms with E-state index in [2.05, 4.69) is 240 Å². The van der Waals surface area contributed by atoms with Gasteiger partial charge in [0.05, 0.1) is 28.1 Å². The van der Waals surface area contributed by atoms with Crippen LogP contribution in [-0.2, 0) is 0 Å². The second-order valence-corrected chi connectivity index (χ2v) is 16.5. The second-order valence-electron chi connectivity index (χ2n) is 16.5. The molecule has 0 unspecified atom stereocenters. The van der Waals surface area contributed by atoms with Crippen LogP contribution in [0, 0.1) is 0 Å². The van der Waals surface area contributed by atoms with E-state index in [0.29, 0.717) is 0 Å². The molecule has 0 radical (unpaired) electrons. The van der Waals surface area contributed by atoms with Gasteiger partial charge in [-0.3, -0.25) is 0 Å². The Morgan fingerprint density at radius 2 is 0.905 bits per heavy atom. The lowest BCUT2D eigenvalue weighted by atomic mass is 9.97. The molecule has 2 heterocycles. The van der Waals surface area contributed by atoms with Crippen molar-refractivity contribution in [3.8, 4) is 27.9 Å². The summed E-state index contributed by atoms with van der Waals surface area (Å²) in [6.45, 7) is 0. The van der Waals surface area contributed by atoms with Crippen molar-refractivity contribution in [1.29, 1.82) is 0 Å². The van der Waals surface area contributed by atoms with Crippen LogP contribution in [0.1, 0.15) is 0 Å². The van der Waals surface area contributed by atoms with Gasteiger partial charge in [0.1, 0.15) is 11.2 Å². The van der Waals surface area contributed by atoms with E-state index in [1.54, 1.807) is 0 Å². The number of para-hydroxylation sites is 6. The van der Waals surface area contributed by atoms with Crippen LogP contribution >= 0.6 is 0 Å². The van der Waals surface area contributed by atoms with Crippen LogP contribution in [0.4, 0.5) is 17.1 Å². The number of hydrogen-bond acceptors (Lipinski definition) is 2. The fourth-order valence-corrected chi connectivity index (χ4v) is 10.0. The SMILES string of the molecule is c1ccc(N(c2ccc(-c3ccc4c(ccc5ccccc54)c3)cc2)c2ccccc2-n2c3ccccc3c3ccccc32)c(-c2cccc3c2oc2cc4ccccc4cc23)c1. The molecule has 0 amide bonds. The van der Waals surface area contributed by atoms with Crippen molar-refractivity contribution in [1.82, 2.24) is 4.57 Å². The molecule has 0 aliphatic carbocycles. The van der Waals surface area contributed by atoms with Gasteiger partial charge in [0.2, 0.25) is 0 Å². The summed E-state index contributed by atoms with van der Waals surface area (Å²) in [4.78, 5) is 2.43. The third-order valence-electron chi connectivity index (χ3n) is 12.9. The van der Waals surface area contributed by atoms with Gasteiger partial charge in [-0.15, -0.1) is 0 Å². The number of anilines is 3. The van der Waals surface area contributed by atoms with Crippen LogP contribution in [0.5, 0.6) is 0 Å². The van der Waals surface area contributed by atoms with Gasteiger partial charge >= 0.3 is 0 Å². The van der Waals surface area contributed by atoms with E-state index >= 15 is 0 Å². The van der Waals surface area contributed by atoms with Crippen molar-refractivity contribution in [2.24, 2.45) is 0 Å². The van der Waals surface area contributed by atoms with E-state index in [9.17, 15) is 0 Å². The van der Waals surface area contributed by atoms with Crippen LogP contribution in [-0.4, -0.2) is 4.57 Å². The molecule has 0 aliphatic heterocycles. The molecule has 0 aliphatic rings. The first-order valence-corrected chi connectivity index (χ1v) is 21.6. The summed E-state index contributed by atoms with van der Waals surface area (Å²) in [5, 5.41) is 12.1. The van der Waals surface area contributed by atoms with E-state index in [0.717, 1.165) is 61.4 Å². The Morgan fingerprint density at radius 1 is 0.333 bits per heavy atom. The van der Waals surface area contributed by atoms with Crippen molar-refractivity contribution in [2.45, 2.75) is 0 Å². The second kappa shape index (κ2) is 14.1. The van der Waals surface area contributed by atoms with Crippen LogP contribution in [0.2, 0.25) is 0 Å². The molecule has 2 aromatic heterocycles. The van der Waals surface area contributed by atoms with Crippen molar-refractivity contribution < 1.29 is 4.42 Å². The van der Waals surface area contributed by atoms with E-state index < -0.39 is 0 Å². The molecular weight excluding hydrogens is 765 g/mol. The number of furan rings is 1. The van der Waals surface area contributed by atoms with Gasteiger partial charge in [0, 0.05) is 38.4 Å². The topological polar surface area (TPSA) is 21.3 Å². The van der Waals surface area contributed by atoms with E-state index in [4.69, 9.17) is 4.42 Å². The number of benzene rings is 11. The summed E-state index contributed by atoms with van der Waals surface area (Å²) in [5.41, 5.74) is 12.8. The molecule has 0 bridgehead atoms. The molecule has 0 spiro atoms. The molecule has 294 valence electrons. The Balaban J connectivity index is 1.03. The molecule has 11 aromatic carbocycles.